The van der Waals surface area contributed by atoms with E-state index < -0.39 is 17.5 Å². The molecule has 2 atom stereocenters. The second-order valence-corrected chi connectivity index (χ2v) is 2.52. The lowest BCUT2D eigenvalue weighted by Crippen LogP contribution is -2.26. The molecule has 60 valence electrons. The molecule has 0 aromatic heterocycles. The predicted octanol–water partition coefficient (Wildman–Crippen LogP) is 0.274. The Balaban J connectivity index is 3.61. The van der Waals surface area contributed by atoms with Crippen LogP contribution in [0.2, 0.25) is 0 Å². The first kappa shape index (κ1) is 9.88. The van der Waals surface area contributed by atoms with Crippen LogP contribution in [0.4, 0.5) is 0 Å². The molecule has 0 rings (SSSR count). The number of carbonyl (C=O) groups is 1. The zero-order valence-electron chi connectivity index (χ0n) is 5.75. The van der Waals surface area contributed by atoms with Crippen LogP contribution in [-0.2, 0) is 4.79 Å². The zero-order valence-corrected chi connectivity index (χ0v) is 6.51. The van der Waals surface area contributed by atoms with E-state index in [1.54, 1.807) is 6.92 Å². The quantitative estimate of drug-likeness (QED) is 0.590. The first-order valence-corrected chi connectivity index (χ1v) is 3.50. The van der Waals surface area contributed by atoms with E-state index in [2.05, 4.69) is 0 Å². The van der Waals surface area contributed by atoms with Crippen LogP contribution in [0, 0.1) is 0 Å². The van der Waals surface area contributed by atoms with E-state index in [-0.39, 0.29) is 6.42 Å². The van der Waals surface area contributed by atoms with Crippen molar-refractivity contribution >= 4 is 16.8 Å². The molecule has 2 N–H and O–H groups in total. The third kappa shape index (κ3) is 3.82. The van der Waals surface area contributed by atoms with Gasteiger partial charge in [0.05, 0.1) is 18.6 Å². The summed E-state index contributed by atoms with van der Waals surface area (Å²) in [5.41, 5.74) is 0. The number of aliphatic hydroxyl groups excluding tert-OH is 2. The van der Waals surface area contributed by atoms with Crippen molar-refractivity contribution in [1.82, 2.24) is 0 Å². The Kier molecular flexibility index (Phi) is 4.60. The van der Waals surface area contributed by atoms with E-state index in [0.717, 1.165) is 0 Å². The van der Waals surface area contributed by atoms with Gasteiger partial charge in [-0.05, 0) is 18.0 Å². The molecular weight excluding hydrogens is 156 g/mol. The van der Waals surface area contributed by atoms with Gasteiger partial charge < -0.3 is 10.2 Å². The second kappa shape index (κ2) is 4.66. The van der Waals surface area contributed by atoms with Crippen molar-refractivity contribution in [2.75, 3.05) is 0 Å². The standard InChI is InChI=1S/C6H11ClO3/c1-2-4(8)5(9)3-6(7)10/h4-5,8-9H,2-3H2,1H3. The fourth-order valence-electron chi connectivity index (χ4n) is 0.573. The van der Waals surface area contributed by atoms with Crippen molar-refractivity contribution in [3.05, 3.63) is 0 Å². The van der Waals surface area contributed by atoms with E-state index in [4.69, 9.17) is 21.8 Å². The summed E-state index contributed by atoms with van der Waals surface area (Å²) in [6.45, 7) is 1.71. The van der Waals surface area contributed by atoms with E-state index in [1.165, 1.54) is 0 Å². The molecule has 10 heavy (non-hydrogen) atoms. The summed E-state index contributed by atoms with van der Waals surface area (Å²) in [5, 5.41) is 17.2. The fraction of sp³-hybridized carbons (Fsp3) is 0.833. The van der Waals surface area contributed by atoms with Gasteiger partial charge in [0.25, 0.3) is 0 Å². The lowest BCUT2D eigenvalue weighted by atomic mass is 10.1. The molecule has 0 aliphatic heterocycles. The van der Waals surface area contributed by atoms with Crippen molar-refractivity contribution in [3.8, 4) is 0 Å². The molecule has 3 nitrogen and oxygen atoms in total. The molecule has 0 spiro atoms. The molecule has 0 saturated carbocycles. The van der Waals surface area contributed by atoms with Gasteiger partial charge in [-0.1, -0.05) is 6.92 Å². The summed E-state index contributed by atoms with van der Waals surface area (Å²) in [6, 6.07) is 0. The maximum absolute atomic E-state index is 10.2. The molecule has 0 bridgehead atoms. The highest BCUT2D eigenvalue weighted by Crippen LogP contribution is 2.04. The minimum atomic E-state index is -1.02. The molecule has 0 radical (unpaired) electrons. The number of aliphatic hydroxyl groups is 2. The lowest BCUT2D eigenvalue weighted by Gasteiger charge is -2.12. The van der Waals surface area contributed by atoms with Crippen molar-refractivity contribution < 1.29 is 15.0 Å². The van der Waals surface area contributed by atoms with E-state index in [9.17, 15) is 4.79 Å². The number of hydrogen-bond donors (Lipinski definition) is 2. The zero-order chi connectivity index (χ0) is 8.15. The Morgan fingerprint density at radius 2 is 2.00 bits per heavy atom. The third-order valence-electron chi connectivity index (χ3n) is 1.23. The van der Waals surface area contributed by atoms with Gasteiger partial charge in [-0.2, -0.15) is 0 Å². The summed E-state index contributed by atoms with van der Waals surface area (Å²) < 4.78 is 0. The number of hydrogen-bond acceptors (Lipinski definition) is 3. The fourth-order valence-corrected chi connectivity index (χ4v) is 0.731. The van der Waals surface area contributed by atoms with Crippen molar-refractivity contribution in [1.29, 1.82) is 0 Å². The molecule has 0 heterocycles. The van der Waals surface area contributed by atoms with Crippen LogP contribution >= 0.6 is 11.6 Å². The Labute approximate surface area is 64.6 Å². The smallest absolute Gasteiger partial charge is 0.224 e. The highest BCUT2D eigenvalue weighted by molar-refractivity contribution is 6.63. The average Bonchev–Trinajstić information content (AvgIpc) is 1.85. The molecule has 0 saturated heterocycles. The minimum absolute atomic E-state index is 0.184. The van der Waals surface area contributed by atoms with Gasteiger partial charge in [0.1, 0.15) is 0 Å². The van der Waals surface area contributed by atoms with Crippen LogP contribution in [0.15, 0.2) is 0 Å². The molecule has 2 unspecified atom stereocenters. The molecule has 0 aromatic carbocycles. The third-order valence-corrected chi connectivity index (χ3v) is 1.39. The highest BCUT2D eigenvalue weighted by Gasteiger charge is 2.16. The molecule has 0 aliphatic rings. The molecule has 0 aliphatic carbocycles. The molecule has 4 heteroatoms. The van der Waals surface area contributed by atoms with Gasteiger partial charge in [0.15, 0.2) is 0 Å². The van der Waals surface area contributed by atoms with Gasteiger partial charge in [0.2, 0.25) is 5.24 Å². The summed E-state index contributed by atoms with van der Waals surface area (Å²) in [4.78, 5) is 10.2. The van der Waals surface area contributed by atoms with Crippen molar-refractivity contribution in [2.24, 2.45) is 0 Å². The molecule has 0 aromatic rings. The van der Waals surface area contributed by atoms with Gasteiger partial charge in [0, 0.05) is 0 Å². The predicted molar refractivity (Wildman–Crippen MR) is 37.8 cm³/mol. The first-order chi connectivity index (χ1) is 4.57. The van der Waals surface area contributed by atoms with Gasteiger partial charge in [-0.3, -0.25) is 4.79 Å². The summed E-state index contributed by atoms with van der Waals surface area (Å²) in [7, 11) is 0. The Hall–Kier alpha value is -0.120. The lowest BCUT2D eigenvalue weighted by molar-refractivity contribution is -0.115. The number of carbonyl (C=O) groups excluding carboxylic acids is 1. The van der Waals surface area contributed by atoms with E-state index in [0.29, 0.717) is 6.42 Å². The molecule has 0 fully saturated rings. The van der Waals surface area contributed by atoms with Crippen LogP contribution < -0.4 is 0 Å². The summed E-state index contributed by atoms with van der Waals surface area (Å²) in [6.07, 6.45) is -1.63. The normalized spacial score (nSPS) is 16.4. The SMILES string of the molecule is CCC(O)C(O)CC(=O)Cl. The van der Waals surface area contributed by atoms with Crippen LogP contribution in [-0.4, -0.2) is 27.7 Å². The minimum Gasteiger partial charge on any atom is -0.390 e. The van der Waals surface area contributed by atoms with Crippen LogP contribution in [0.1, 0.15) is 19.8 Å². The Morgan fingerprint density at radius 1 is 1.50 bits per heavy atom. The number of rotatable bonds is 4. The van der Waals surface area contributed by atoms with Crippen LogP contribution in [0.5, 0.6) is 0 Å². The van der Waals surface area contributed by atoms with Gasteiger partial charge >= 0.3 is 0 Å². The van der Waals surface area contributed by atoms with Crippen molar-refractivity contribution in [3.63, 3.8) is 0 Å². The monoisotopic (exact) mass is 166 g/mol. The summed E-state index contributed by atoms with van der Waals surface area (Å²) >= 11 is 4.96. The number of halogens is 1. The van der Waals surface area contributed by atoms with Crippen LogP contribution in [0.25, 0.3) is 0 Å². The largest absolute Gasteiger partial charge is 0.390 e. The second-order valence-electron chi connectivity index (χ2n) is 2.10. The highest BCUT2D eigenvalue weighted by atomic mass is 35.5. The van der Waals surface area contributed by atoms with Crippen LogP contribution in [0.3, 0.4) is 0 Å². The average molecular weight is 167 g/mol. The molecular formula is C6H11ClO3. The van der Waals surface area contributed by atoms with E-state index in [1.807, 2.05) is 0 Å². The maximum Gasteiger partial charge on any atom is 0.224 e. The topological polar surface area (TPSA) is 57.5 Å². The first-order valence-electron chi connectivity index (χ1n) is 3.12. The van der Waals surface area contributed by atoms with Gasteiger partial charge in [-0.25, -0.2) is 0 Å². The van der Waals surface area contributed by atoms with Crippen molar-refractivity contribution in [2.45, 2.75) is 32.0 Å². The Bertz CT molecular complexity index is 116. The van der Waals surface area contributed by atoms with Gasteiger partial charge in [-0.15, -0.1) is 0 Å². The maximum atomic E-state index is 10.2. The summed E-state index contributed by atoms with van der Waals surface area (Å²) in [5.74, 6) is 0. The Morgan fingerprint density at radius 3 is 2.30 bits per heavy atom. The van der Waals surface area contributed by atoms with E-state index >= 15 is 0 Å². The molecule has 0 amide bonds.